The highest BCUT2D eigenvalue weighted by molar-refractivity contribution is 6.07. The summed E-state index contributed by atoms with van der Waals surface area (Å²) >= 11 is 0. The summed E-state index contributed by atoms with van der Waals surface area (Å²) in [6, 6.07) is 5.17. The Morgan fingerprint density at radius 1 is 1.46 bits per heavy atom. The van der Waals surface area contributed by atoms with Crippen molar-refractivity contribution in [2.24, 2.45) is 0 Å². The van der Waals surface area contributed by atoms with Crippen LogP contribution in [0.15, 0.2) is 18.2 Å². The minimum absolute atomic E-state index is 0.441. The SMILES string of the molecule is CCC1(C)NC(=O)N(NC(=O)C2CCc3cc(C)ccc3O2)C1=O. The van der Waals surface area contributed by atoms with Crippen molar-refractivity contribution in [1.82, 2.24) is 15.8 Å². The first-order valence-electron chi connectivity index (χ1n) is 8.07. The number of imide groups is 1. The van der Waals surface area contributed by atoms with E-state index in [0.29, 0.717) is 25.0 Å². The summed E-state index contributed by atoms with van der Waals surface area (Å²) in [5, 5.41) is 3.34. The normalized spacial score (nSPS) is 25.8. The first-order chi connectivity index (χ1) is 11.3. The molecule has 7 heteroatoms. The van der Waals surface area contributed by atoms with Crippen molar-refractivity contribution in [2.45, 2.75) is 51.7 Å². The average Bonchev–Trinajstić information content (AvgIpc) is 2.78. The zero-order valence-corrected chi connectivity index (χ0v) is 14.0. The Kier molecular flexibility index (Phi) is 3.95. The van der Waals surface area contributed by atoms with Crippen LogP contribution >= 0.6 is 0 Å². The third kappa shape index (κ3) is 2.70. The Hall–Kier alpha value is -2.57. The fraction of sp³-hybridized carbons (Fsp3) is 0.471. The molecule has 2 N–H and O–H groups in total. The molecule has 2 aliphatic rings. The molecule has 0 bridgehead atoms. The number of fused-ring (bicyclic) bond motifs is 1. The number of hydrogen-bond donors (Lipinski definition) is 2. The number of benzene rings is 1. The van der Waals surface area contributed by atoms with Crippen LogP contribution < -0.4 is 15.5 Å². The van der Waals surface area contributed by atoms with Gasteiger partial charge in [0.15, 0.2) is 6.10 Å². The van der Waals surface area contributed by atoms with E-state index in [1.54, 1.807) is 13.8 Å². The fourth-order valence-electron chi connectivity index (χ4n) is 2.91. The Bertz CT molecular complexity index is 718. The van der Waals surface area contributed by atoms with Gasteiger partial charge in [-0.25, -0.2) is 4.79 Å². The predicted octanol–water partition coefficient (Wildman–Crippen LogP) is 1.44. The number of hydrazine groups is 1. The molecule has 3 rings (SSSR count). The van der Waals surface area contributed by atoms with Gasteiger partial charge in [-0.15, -0.1) is 0 Å². The van der Waals surface area contributed by atoms with Gasteiger partial charge in [-0.1, -0.05) is 24.6 Å². The number of carbonyl (C=O) groups excluding carboxylic acids is 3. The topological polar surface area (TPSA) is 87.7 Å². The van der Waals surface area contributed by atoms with Gasteiger partial charge in [0.2, 0.25) is 0 Å². The van der Waals surface area contributed by atoms with Crippen LogP contribution in [0.25, 0.3) is 0 Å². The molecule has 2 aliphatic heterocycles. The molecule has 1 aromatic carbocycles. The van der Waals surface area contributed by atoms with E-state index >= 15 is 0 Å². The smallest absolute Gasteiger partial charge is 0.344 e. The number of amides is 4. The molecule has 0 spiro atoms. The molecular formula is C17H21N3O4. The molecule has 2 atom stereocenters. The van der Waals surface area contributed by atoms with Crippen LogP contribution in [-0.4, -0.2) is 34.5 Å². The van der Waals surface area contributed by atoms with Gasteiger partial charge in [-0.3, -0.25) is 15.0 Å². The number of nitrogens with one attached hydrogen (secondary N) is 2. The number of urea groups is 1. The van der Waals surface area contributed by atoms with E-state index < -0.39 is 29.5 Å². The summed E-state index contributed by atoms with van der Waals surface area (Å²) in [7, 11) is 0. The summed E-state index contributed by atoms with van der Waals surface area (Å²) in [6.45, 7) is 5.43. The Morgan fingerprint density at radius 3 is 2.88 bits per heavy atom. The van der Waals surface area contributed by atoms with Crippen LogP contribution in [0.4, 0.5) is 4.79 Å². The van der Waals surface area contributed by atoms with Gasteiger partial charge in [0.25, 0.3) is 11.8 Å². The number of nitrogens with zero attached hydrogens (tertiary/aromatic N) is 1. The van der Waals surface area contributed by atoms with Crippen molar-refractivity contribution in [1.29, 1.82) is 0 Å². The Morgan fingerprint density at radius 2 is 2.21 bits per heavy atom. The minimum Gasteiger partial charge on any atom is -0.480 e. The number of ether oxygens (including phenoxy) is 1. The second-order valence-electron chi connectivity index (χ2n) is 6.49. The summed E-state index contributed by atoms with van der Waals surface area (Å²) in [4.78, 5) is 36.7. The van der Waals surface area contributed by atoms with Crippen LogP contribution in [0, 0.1) is 6.92 Å². The maximum Gasteiger partial charge on any atom is 0.344 e. The van der Waals surface area contributed by atoms with Gasteiger partial charge >= 0.3 is 6.03 Å². The van der Waals surface area contributed by atoms with Crippen LogP contribution in [0.1, 0.15) is 37.8 Å². The fourth-order valence-corrected chi connectivity index (χ4v) is 2.91. The summed E-state index contributed by atoms with van der Waals surface area (Å²) in [5.74, 6) is -0.289. The van der Waals surface area contributed by atoms with Crippen molar-refractivity contribution in [3.63, 3.8) is 0 Å². The number of rotatable bonds is 3. The van der Waals surface area contributed by atoms with E-state index in [1.165, 1.54) is 0 Å². The van der Waals surface area contributed by atoms with Gasteiger partial charge in [0.05, 0.1) is 0 Å². The second-order valence-corrected chi connectivity index (χ2v) is 6.49. The molecule has 2 unspecified atom stereocenters. The molecule has 24 heavy (non-hydrogen) atoms. The summed E-state index contributed by atoms with van der Waals surface area (Å²) in [6.07, 6.45) is 0.921. The number of aryl methyl sites for hydroxylation is 2. The molecule has 4 amide bonds. The molecule has 0 aromatic heterocycles. The lowest BCUT2D eigenvalue weighted by atomic mass is 9.99. The highest BCUT2D eigenvalue weighted by atomic mass is 16.5. The molecule has 1 aromatic rings. The first-order valence-corrected chi connectivity index (χ1v) is 8.07. The third-order valence-corrected chi connectivity index (χ3v) is 4.64. The largest absolute Gasteiger partial charge is 0.480 e. The monoisotopic (exact) mass is 331 g/mol. The molecule has 128 valence electrons. The maximum atomic E-state index is 12.4. The lowest BCUT2D eigenvalue weighted by molar-refractivity contribution is -0.142. The van der Waals surface area contributed by atoms with Crippen molar-refractivity contribution >= 4 is 17.8 Å². The van der Waals surface area contributed by atoms with E-state index in [9.17, 15) is 14.4 Å². The number of hydrogen-bond acceptors (Lipinski definition) is 4. The van der Waals surface area contributed by atoms with Gasteiger partial charge in [0.1, 0.15) is 11.3 Å². The minimum atomic E-state index is -0.984. The number of carbonyl (C=O) groups is 3. The van der Waals surface area contributed by atoms with Crippen molar-refractivity contribution < 1.29 is 19.1 Å². The van der Waals surface area contributed by atoms with Crippen LogP contribution in [0.2, 0.25) is 0 Å². The molecule has 0 radical (unpaired) electrons. The van der Waals surface area contributed by atoms with Gasteiger partial charge in [-0.05, 0) is 44.7 Å². The molecular weight excluding hydrogens is 310 g/mol. The van der Waals surface area contributed by atoms with Gasteiger partial charge in [-0.2, -0.15) is 5.01 Å². The highest BCUT2D eigenvalue weighted by Gasteiger charge is 2.48. The zero-order chi connectivity index (χ0) is 17.5. The van der Waals surface area contributed by atoms with E-state index in [1.807, 2.05) is 25.1 Å². The Balaban J connectivity index is 1.69. The van der Waals surface area contributed by atoms with E-state index in [-0.39, 0.29) is 0 Å². The lowest BCUT2D eigenvalue weighted by Gasteiger charge is -2.27. The van der Waals surface area contributed by atoms with Crippen LogP contribution in [0.3, 0.4) is 0 Å². The Labute approximate surface area is 140 Å². The summed E-state index contributed by atoms with van der Waals surface area (Å²) in [5.41, 5.74) is 3.60. The zero-order valence-electron chi connectivity index (χ0n) is 14.0. The van der Waals surface area contributed by atoms with E-state index in [0.717, 1.165) is 16.1 Å². The van der Waals surface area contributed by atoms with Crippen molar-refractivity contribution in [3.8, 4) is 5.75 Å². The van der Waals surface area contributed by atoms with Crippen molar-refractivity contribution in [2.75, 3.05) is 0 Å². The van der Waals surface area contributed by atoms with Crippen LogP contribution in [0.5, 0.6) is 5.75 Å². The second kappa shape index (κ2) is 5.81. The molecule has 2 heterocycles. The van der Waals surface area contributed by atoms with Gasteiger partial charge < -0.3 is 10.1 Å². The quantitative estimate of drug-likeness (QED) is 0.821. The van der Waals surface area contributed by atoms with Crippen molar-refractivity contribution in [3.05, 3.63) is 29.3 Å². The molecule has 1 saturated heterocycles. The lowest BCUT2D eigenvalue weighted by Crippen LogP contribution is -2.52. The van der Waals surface area contributed by atoms with E-state index in [4.69, 9.17) is 4.74 Å². The average molecular weight is 331 g/mol. The maximum absolute atomic E-state index is 12.4. The standard InChI is InChI=1S/C17H21N3O4/c1-4-17(3)15(22)20(16(23)18-17)19-14(21)13-8-6-11-9-10(2)5-7-12(11)24-13/h5,7,9,13H,4,6,8H2,1-3H3,(H,18,23)(H,19,21). The van der Waals surface area contributed by atoms with Gasteiger partial charge in [0, 0.05) is 0 Å². The van der Waals surface area contributed by atoms with Crippen LogP contribution in [-0.2, 0) is 16.0 Å². The summed E-state index contributed by atoms with van der Waals surface area (Å²) < 4.78 is 5.73. The van der Waals surface area contributed by atoms with E-state index in [2.05, 4.69) is 10.7 Å². The highest BCUT2D eigenvalue weighted by Crippen LogP contribution is 2.28. The molecule has 7 nitrogen and oxygen atoms in total. The molecule has 1 fully saturated rings. The molecule has 0 aliphatic carbocycles. The predicted molar refractivity (Wildman–Crippen MR) is 86.1 cm³/mol. The molecule has 0 saturated carbocycles. The first kappa shape index (κ1) is 16.3. The third-order valence-electron chi connectivity index (χ3n) is 4.64.